The molecule has 2 N–H and O–H groups in total. The number of nitrogens with zero attached hydrogens (tertiary/aromatic N) is 1. The molecule has 6 heteroatoms. The Morgan fingerprint density at radius 2 is 1.92 bits per heavy atom. The average Bonchev–Trinajstić information content (AvgIpc) is 2.78. The fraction of sp³-hybridized carbons (Fsp3) is 0.611. The van der Waals surface area contributed by atoms with E-state index in [0.29, 0.717) is 6.54 Å². The number of rotatable bonds is 5. The standard InChI is InChI=1S/C18H30N2O3Si/c1-18(2,3)24(4,5)23-16-13-20(12-15(16)19-17(21)22)11-14-9-7-6-8-10-14/h6-10,15-16,19H,11-13H2,1-5H3,(H,21,22)/t15-,16-/m1/s1. The minimum Gasteiger partial charge on any atom is -0.465 e. The van der Waals surface area contributed by atoms with Crippen LogP contribution in [0.1, 0.15) is 26.3 Å². The van der Waals surface area contributed by atoms with E-state index in [1.54, 1.807) is 0 Å². The van der Waals surface area contributed by atoms with Crippen molar-refractivity contribution in [3.63, 3.8) is 0 Å². The van der Waals surface area contributed by atoms with Crippen molar-refractivity contribution in [3.05, 3.63) is 35.9 Å². The second-order valence-electron chi connectivity index (χ2n) is 8.15. The molecule has 1 heterocycles. The molecule has 5 nitrogen and oxygen atoms in total. The van der Waals surface area contributed by atoms with Gasteiger partial charge in [-0.3, -0.25) is 4.90 Å². The van der Waals surface area contributed by atoms with E-state index in [1.165, 1.54) is 5.56 Å². The summed E-state index contributed by atoms with van der Waals surface area (Å²) < 4.78 is 6.52. The van der Waals surface area contributed by atoms with Crippen LogP contribution in [0.4, 0.5) is 4.79 Å². The van der Waals surface area contributed by atoms with Crippen molar-refractivity contribution < 1.29 is 14.3 Å². The summed E-state index contributed by atoms with van der Waals surface area (Å²) in [6.45, 7) is 13.3. The Labute approximate surface area is 146 Å². The molecule has 1 aromatic rings. The molecule has 0 radical (unpaired) electrons. The van der Waals surface area contributed by atoms with Crippen LogP contribution in [-0.4, -0.2) is 49.7 Å². The molecule has 1 aromatic carbocycles. The van der Waals surface area contributed by atoms with E-state index in [2.05, 4.69) is 56.2 Å². The van der Waals surface area contributed by atoms with Gasteiger partial charge in [0, 0.05) is 19.6 Å². The van der Waals surface area contributed by atoms with Gasteiger partial charge in [0.15, 0.2) is 8.32 Å². The van der Waals surface area contributed by atoms with Crippen LogP contribution in [-0.2, 0) is 11.0 Å². The van der Waals surface area contributed by atoms with Gasteiger partial charge >= 0.3 is 6.09 Å². The molecule has 0 bridgehead atoms. The fourth-order valence-corrected chi connectivity index (χ4v) is 4.14. The lowest BCUT2D eigenvalue weighted by Crippen LogP contribution is -2.51. The second kappa shape index (κ2) is 7.25. The van der Waals surface area contributed by atoms with Crippen LogP contribution in [0.15, 0.2) is 30.3 Å². The molecule has 134 valence electrons. The van der Waals surface area contributed by atoms with Crippen molar-refractivity contribution in [1.29, 1.82) is 0 Å². The zero-order valence-corrected chi connectivity index (χ0v) is 16.4. The molecule has 1 aliphatic heterocycles. The van der Waals surface area contributed by atoms with Gasteiger partial charge in [-0.15, -0.1) is 0 Å². The number of likely N-dealkylation sites (tertiary alicyclic amines) is 1. The monoisotopic (exact) mass is 350 g/mol. The van der Waals surface area contributed by atoms with Crippen molar-refractivity contribution in [3.8, 4) is 0 Å². The zero-order valence-electron chi connectivity index (χ0n) is 15.4. The van der Waals surface area contributed by atoms with E-state index in [-0.39, 0.29) is 17.2 Å². The molecule has 0 aliphatic carbocycles. The smallest absolute Gasteiger partial charge is 0.405 e. The third-order valence-electron chi connectivity index (χ3n) is 5.15. The number of carbonyl (C=O) groups is 1. The molecule has 1 amide bonds. The Morgan fingerprint density at radius 3 is 2.46 bits per heavy atom. The van der Waals surface area contributed by atoms with Crippen LogP contribution in [0, 0.1) is 0 Å². The topological polar surface area (TPSA) is 61.8 Å². The summed E-state index contributed by atoms with van der Waals surface area (Å²) in [7, 11) is -1.94. The Balaban J connectivity index is 2.08. The van der Waals surface area contributed by atoms with Crippen LogP contribution in [0.2, 0.25) is 18.1 Å². The lowest BCUT2D eigenvalue weighted by Gasteiger charge is -2.39. The Bertz CT molecular complexity index is 557. The highest BCUT2D eigenvalue weighted by Crippen LogP contribution is 2.38. The normalized spacial score (nSPS) is 22.5. The average molecular weight is 351 g/mol. The largest absolute Gasteiger partial charge is 0.465 e. The van der Waals surface area contributed by atoms with E-state index in [9.17, 15) is 4.79 Å². The Morgan fingerprint density at radius 1 is 1.29 bits per heavy atom. The van der Waals surface area contributed by atoms with Gasteiger partial charge in [0.1, 0.15) is 0 Å². The maximum Gasteiger partial charge on any atom is 0.405 e. The van der Waals surface area contributed by atoms with Gasteiger partial charge in [0.05, 0.1) is 12.1 Å². The first-order chi connectivity index (χ1) is 11.1. The van der Waals surface area contributed by atoms with Gasteiger partial charge in [-0.1, -0.05) is 51.1 Å². The minimum atomic E-state index is -1.94. The summed E-state index contributed by atoms with van der Waals surface area (Å²) in [5, 5.41) is 11.9. The van der Waals surface area contributed by atoms with E-state index in [1.807, 2.05) is 18.2 Å². The highest BCUT2D eigenvalue weighted by atomic mass is 28.4. The molecular weight excluding hydrogens is 320 g/mol. The molecule has 1 aliphatic rings. The second-order valence-corrected chi connectivity index (χ2v) is 12.9. The summed E-state index contributed by atoms with van der Waals surface area (Å²) >= 11 is 0. The molecule has 0 spiro atoms. The van der Waals surface area contributed by atoms with Gasteiger partial charge in [0.2, 0.25) is 0 Å². The highest BCUT2D eigenvalue weighted by molar-refractivity contribution is 6.74. The maximum absolute atomic E-state index is 11.2. The number of amides is 1. The third kappa shape index (κ3) is 4.81. The first-order valence-electron chi connectivity index (χ1n) is 8.52. The summed E-state index contributed by atoms with van der Waals surface area (Å²) in [6, 6.07) is 10.1. The zero-order chi connectivity index (χ0) is 18.0. The Hall–Kier alpha value is -1.37. The molecule has 0 saturated carbocycles. The lowest BCUT2D eigenvalue weighted by molar-refractivity contribution is 0.148. The van der Waals surface area contributed by atoms with Crippen molar-refractivity contribution >= 4 is 14.4 Å². The first kappa shape index (κ1) is 19.0. The quantitative estimate of drug-likeness (QED) is 0.798. The van der Waals surface area contributed by atoms with Gasteiger partial charge in [-0.25, -0.2) is 4.79 Å². The predicted molar refractivity (Wildman–Crippen MR) is 98.7 cm³/mol. The Kier molecular flexibility index (Phi) is 5.73. The molecule has 1 fully saturated rings. The minimum absolute atomic E-state index is 0.0919. The van der Waals surface area contributed by atoms with E-state index < -0.39 is 14.4 Å². The van der Waals surface area contributed by atoms with Gasteiger partial charge in [-0.2, -0.15) is 0 Å². The molecule has 24 heavy (non-hydrogen) atoms. The highest BCUT2D eigenvalue weighted by Gasteiger charge is 2.43. The fourth-order valence-electron chi connectivity index (χ4n) is 2.79. The van der Waals surface area contributed by atoms with Crippen LogP contribution in [0.3, 0.4) is 0 Å². The van der Waals surface area contributed by atoms with Crippen LogP contribution in [0.25, 0.3) is 0 Å². The van der Waals surface area contributed by atoms with Crippen LogP contribution >= 0.6 is 0 Å². The number of carboxylic acid groups (broad SMARTS) is 1. The maximum atomic E-state index is 11.2. The molecule has 0 aromatic heterocycles. The van der Waals surface area contributed by atoms with Crippen molar-refractivity contribution in [2.24, 2.45) is 0 Å². The number of hydrogen-bond acceptors (Lipinski definition) is 3. The molecule has 2 rings (SSSR count). The van der Waals surface area contributed by atoms with E-state index in [4.69, 9.17) is 9.53 Å². The summed E-state index contributed by atoms with van der Waals surface area (Å²) in [5.41, 5.74) is 1.24. The lowest BCUT2D eigenvalue weighted by atomic mass is 10.2. The van der Waals surface area contributed by atoms with Crippen molar-refractivity contribution in [2.75, 3.05) is 13.1 Å². The van der Waals surface area contributed by atoms with Crippen molar-refractivity contribution in [2.45, 2.75) is 57.6 Å². The predicted octanol–water partition coefficient (Wildman–Crippen LogP) is 3.53. The molecule has 2 atom stereocenters. The SMILES string of the molecule is CC(C)(C)[Si](C)(C)O[C@@H]1CN(Cc2ccccc2)C[C@H]1NC(=O)O. The number of benzene rings is 1. The molecular formula is C18H30N2O3Si. The van der Waals surface area contributed by atoms with Crippen LogP contribution < -0.4 is 5.32 Å². The third-order valence-corrected chi connectivity index (χ3v) is 9.66. The number of hydrogen-bond donors (Lipinski definition) is 2. The van der Waals surface area contributed by atoms with Crippen LogP contribution in [0.5, 0.6) is 0 Å². The molecule has 1 saturated heterocycles. The van der Waals surface area contributed by atoms with E-state index in [0.717, 1.165) is 13.1 Å². The van der Waals surface area contributed by atoms with Crippen molar-refractivity contribution in [1.82, 2.24) is 10.2 Å². The summed E-state index contributed by atoms with van der Waals surface area (Å²) in [6.07, 6.45) is -1.07. The summed E-state index contributed by atoms with van der Waals surface area (Å²) in [4.78, 5) is 13.4. The van der Waals surface area contributed by atoms with Gasteiger partial charge < -0.3 is 14.8 Å². The summed E-state index contributed by atoms with van der Waals surface area (Å²) in [5.74, 6) is 0. The number of nitrogens with one attached hydrogen (secondary N) is 1. The van der Waals surface area contributed by atoms with Gasteiger partial charge in [0.25, 0.3) is 0 Å². The van der Waals surface area contributed by atoms with E-state index >= 15 is 0 Å². The first-order valence-corrected chi connectivity index (χ1v) is 11.4. The molecule has 0 unspecified atom stereocenters. The van der Waals surface area contributed by atoms with Gasteiger partial charge in [-0.05, 0) is 23.7 Å².